The van der Waals surface area contributed by atoms with Gasteiger partial charge in [-0.1, -0.05) is 18.2 Å². The van der Waals surface area contributed by atoms with Crippen LogP contribution < -0.4 is 9.62 Å². The number of nitrogens with zero attached hydrogens (tertiary/aromatic N) is 1. The van der Waals surface area contributed by atoms with Gasteiger partial charge in [0.1, 0.15) is 17.4 Å². The summed E-state index contributed by atoms with van der Waals surface area (Å²) in [5.41, 5.74) is 1.11. The van der Waals surface area contributed by atoms with E-state index in [1.54, 1.807) is 0 Å². The number of hydrogen-bond acceptors (Lipinski definition) is 5. The summed E-state index contributed by atoms with van der Waals surface area (Å²) in [5.74, 6) is -2.20. The molecule has 1 aliphatic heterocycles. The SMILES string of the molecule is O=C1[C@H](CC[C@H](O)c2ccc(F)cc2)[C@@H](c2ccc(NS(=O)(=O)O)cc2O)N1c1ccc(F)cc1. The Morgan fingerprint density at radius 1 is 0.971 bits per heavy atom. The van der Waals surface area contributed by atoms with E-state index in [1.165, 1.54) is 65.6 Å². The first-order valence-electron chi connectivity index (χ1n) is 10.6. The first-order valence-corrected chi connectivity index (χ1v) is 12.1. The minimum absolute atomic E-state index is 0.0870. The quantitative estimate of drug-likeness (QED) is 0.270. The van der Waals surface area contributed by atoms with Gasteiger partial charge in [-0.2, -0.15) is 8.42 Å². The molecule has 4 N–H and O–H groups in total. The van der Waals surface area contributed by atoms with Gasteiger partial charge in [0.05, 0.1) is 23.8 Å². The molecule has 1 amide bonds. The molecule has 3 aromatic carbocycles. The van der Waals surface area contributed by atoms with Crippen LogP contribution in [0.4, 0.5) is 20.2 Å². The van der Waals surface area contributed by atoms with Crippen LogP contribution in [0.25, 0.3) is 0 Å². The van der Waals surface area contributed by atoms with Crippen LogP contribution >= 0.6 is 0 Å². The van der Waals surface area contributed by atoms with Gasteiger partial charge < -0.3 is 15.1 Å². The first-order chi connectivity index (χ1) is 16.5. The van der Waals surface area contributed by atoms with Crippen LogP contribution in [0.1, 0.15) is 36.1 Å². The largest absolute Gasteiger partial charge is 0.508 e. The number of benzene rings is 3. The van der Waals surface area contributed by atoms with Crippen molar-refractivity contribution in [3.05, 3.63) is 89.5 Å². The number of halogens is 2. The molecule has 0 unspecified atom stereocenters. The second-order valence-electron chi connectivity index (χ2n) is 8.23. The summed E-state index contributed by atoms with van der Waals surface area (Å²) in [4.78, 5) is 14.5. The Balaban J connectivity index is 1.61. The van der Waals surface area contributed by atoms with Gasteiger partial charge in [-0.3, -0.25) is 14.1 Å². The predicted molar refractivity (Wildman–Crippen MR) is 124 cm³/mol. The lowest BCUT2D eigenvalue weighted by atomic mass is 9.78. The average molecular weight is 505 g/mol. The zero-order valence-corrected chi connectivity index (χ0v) is 19.0. The highest BCUT2D eigenvalue weighted by atomic mass is 32.2. The molecule has 1 aliphatic rings. The molecule has 0 saturated carbocycles. The zero-order chi connectivity index (χ0) is 25.3. The molecule has 1 heterocycles. The molecule has 0 radical (unpaired) electrons. The van der Waals surface area contributed by atoms with E-state index in [2.05, 4.69) is 0 Å². The Morgan fingerprint density at radius 3 is 2.14 bits per heavy atom. The normalized spacial score (nSPS) is 18.7. The number of β-lactam (4-membered cyclic amide) rings is 1. The van der Waals surface area contributed by atoms with Gasteiger partial charge in [0.2, 0.25) is 5.91 Å². The number of aliphatic hydroxyl groups is 1. The van der Waals surface area contributed by atoms with E-state index in [-0.39, 0.29) is 30.2 Å². The minimum atomic E-state index is -4.56. The van der Waals surface area contributed by atoms with Crippen LogP contribution in [0.3, 0.4) is 0 Å². The third-order valence-corrected chi connectivity index (χ3v) is 6.41. The molecule has 0 spiro atoms. The Labute approximate surface area is 200 Å². The molecule has 3 aromatic rings. The smallest absolute Gasteiger partial charge is 0.357 e. The fraction of sp³-hybridized carbons (Fsp3) is 0.208. The number of aliphatic hydroxyl groups excluding tert-OH is 1. The molecule has 4 rings (SSSR count). The summed E-state index contributed by atoms with van der Waals surface area (Å²) in [7, 11) is -4.56. The standard InChI is InChI=1S/C24H22F2N2O6S/c25-15-3-1-14(2-4-15)21(29)12-11-20-23(28(24(20)31)18-8-5-16(26)6-9-18)19-10-7-17(13-22(19)30)27-35(32,33)34/h1-10,13,20-21,23,27,29-30H,11-12H2,(H,32,33,34)/t20-,21+,23-/m1/s1. The third kappa shape index (κ3) is 5.42. The van der Waals surface area contributed by atoms with E-state index in [4.69, 9.17) is 4.55 Å². The Hall–Kier alpha value is -3.54. The zero-order valence-electron chi connectivity index (χ0n) is 18.2. The summed E-state index contributed by atoms with van der Waals surface area (Å²) >= 11 is 0. The number of aromatic hydroxyl groups is 1. The summed E-state index contributed by atoms with van der Waals surface area (Å²) in [6.07, 6.45) is -0.540. The van der Waals surface area contributed by atoms with Crippen LogP contribution in [0.5, 0.6) is 5.75 Å². The number of carbonyl (C=O) groups excluding carboxylic acids is 1. The lowest BCUT2D eigenvalue weighted by Gasteiger charge is -2.48. The molecule has 35 heavy (non-hydrogen) atoms. The van der Waals surface area contributed by atoms with Gasteiger partial charge in [-0.25, -0.2) is 8.78 Å². The first kappa shape index (κ1) is 24.6. The van der Waals surface area contributed by atoms with Crippen LogP contribution in [0, 0.1) is 17.6 Å². The summed E-state index contributed by atoms with van der Waals surface area (Å²) in [6, 6.07) is 13.8. The molecule has 184 valence electrons. The minimum Gasteiger partial charge on any atom is -0.508 e. The van der Waals surface area contributed by atoms with Gasteiger partial charge in [-0.05, 0) is 60.9 Å². The van der Waals surface area contributed by atoms with Crippen LogP contribution in [-0.2, 0) is 15.1 Å². The molecular weight excluding hydrogens is 482 g/mol. The maximum Gasteiger partial charge on any atom is 0.357 e. The van der Waals surface area contributed by atoms with Crippen LogP contribution in [0.2, 0.25) is 0 Å². The number of hydrogen-bond donors (Lipinski definition) is 4. The summed E-state index contributed by atoms with van der Waals surface area (Å²) < 4.78 is 59.6. The molecule has 11 heteroatoms. The number of rotatable bonds is 8. The fourth-order valence-electron chi connectivity index (χ4n) is 4.27. The van der Waals surface area contributed by atoms with Crippen molar-refractivity contribution >= 4 is 27.6 Å². The average Bonchev–Trinajstić information content (AvgIpc) is 2.78. The highest BCUT2D eigenvalue weighted by Gasteiger charge is 2.49. The Morgan fingerprint density at radius 2 is 1.57 bits per heavy atom. The van der Waals surface area contributed by atoms with Crippen LogP contribution in [-0.4, -0.2) is 29.1 Å². The van der Waals surface area contributed by atoms with Gasteiger partial charge in [0.15, 0.2) is 0 Å². The molecule has 0 aromatic heterocycles. The third-order valence-electron chi connectivity index (χ3n) is 5.92. The van der Waals surface area contributed by atoms with Crippen molar-refractivity contribution < 1.29 is 36.8 Å². The van der Waals surface area contributed by atoms with Crippen molar-refractivity contribution in [3.63, 3.8) is 0 Å². The van der Waals surface area contributed by atoms with Crippen molar-refractivity contribution in [1.29, 1.82) is 0 Å². The van der Waals surface area contributed by atoms with E-state index >= 15 is 0 Å². The van der Waals surface area contributed by atoms with E-state index in [9.17, 15) is 32.2 Å². The molecule has 3 atom stereocenters. The van der Waals surface area contributed by atoms with Gasteiger partial charge in [-0.15, -0.1) is 0 Å². The van der Waals surface area contributed by atoms with Crippen molar-refractivity contribution in [2.75, 3.05) is 9.62 Å². The fourth-order valence-corrected chi connectivity index (χ4v) is 4.70. The van der Waals surface area contributed by atoms with E-state index in [0.717, 1.165) is 6.07 Å². The number of nitrogens with one attached hydrogen (secondary N) is 1. The number of phenols is 1. The van der Waals surface area contributed by atoms with Crippen molar-refractivity contribution in [1.82, 2.24) is 0 Å². The van der Waals surface area contributed by atoms with Crippen LogP contribution in [0.15, 0.2) is 66.7 Å². The molecule has 1 saturated heterocycles. The molecule has 0 aliphatic carbocycles. The molecule has 8 nitrogen and oxygen atoms in total. The van der Waals surface area contributed by atoms with E-state index in [1.807, 2.05) is 4.72 Å². The highest BCUT2D eigenvalue weighted by molar-refractivity contribution is 7.87. The van der Waals surface area contributed by atoms with Gasteiger partial charge in [0, 0.05) is 17.3 Å². The number of phenolic OH excluding ortho intramolecular Hbond substituents is 1. The lowest BCUT2D eigenvalue weighted by molar-refractivity contribution is -0.131. The molecule has 1 fully saturated rings. The van der Waals surface area contributed by atoms with E-state index in [0.29, 0.717) is 16.8 Å². The maximum absolute atomic E-state index is 13.4. The summed E-state index contributed by atoms with van der Waals surface area (Å²) in [6.45, 7) is 0. The second-order valence-corrected chi connectivity index (χ2v) is 9.39. The monoisotopic (exact) mass is 504 g/mol. The maximum atomic E-state index is 13.4. The number of carbonyl (C=O) groups is 1. The van der Waals surface area contributed by atoms with E-state index < -0.39 is 40.0 Å². The van der Waals surface area contributed by atoms with Gasteiger partial charge in [0.25, 0.3) is 0 Å². The Kier molecular flexibility index (Phi) is 6.75. The second kappa shape index (κ2) is 9.61. The highest BCUT2D eigenvalue weighted by Crippen LogP contribution is 2.48. The van der Waals surface area contributed by atoms with Crippen molar-refractivity contribution in [3.8, 4) is 5.75 Å². The Bertz CT molecular complexity index is 1330. The predicted octanol–water partition coefficient (Wildman–Crippen LogP) is 4.10. The lowest BCUT2D eigenvalue weighted by Crippen LogP contribution is -2.55. The molecular formula is C24H22F2N2O6S. The number of amides is 1. The summed E-state index contributed by atoms with van der Waals surface area (Å²) in [5, 5.41) is 21.1. The van der Waals surface area contributed by atoms with Crippen molar-refractivity contribution in [2.45, 2.75) is 25.0 Å². The van der Waals surface area contributed by atoms with Crippen molar-refractivity contribution in [2.24, 2.45) is 5.92 Å². The molecule has 0 bridgehead atoms. The van der Waals surface area contributed by atoms with Gasteiger partial charge >= 0.3 is 10.3 Å². The topological polar surface area (TPSA) is 127 Å². The number of anilines is 2.